The van der Waals surface area contributed by atoms with Crippen LogP contribution in [0.2, 0.25) is 0 Å². The molecule has 2 rings (SSSR count). The average Bonchev–Trinajstić information content (AvgIpc) is 2.81. The lowest BCUT2D eigenvalue weighted by atomic mass is 10.4. The number of nitrogens with zero attached hydrogens (tertiary/aromatic N) is 3. The van der Waals surface area contributed by atoms with Gasteiger partial charge in [0.25, 0.3) is 10.0 Å². The Balaban J connectivity index is 2.24. The van der Waals surface area contributed by atoms with Crippen molar-refractivity contribution in [1.29, 1.82) is 0 Å². The molecule has 0 aromatic carbocycles. The van der Waals surface area contributed by atoms with E-state index >= 15 is 0 Å². The summed E-state index contributed by atoms with van der Waals surface area (Å²) in [6, 6.07) is 3.05. The number of aromatic nitrogens is 3. The van der Waals surface area contributed by atoms with E-state index < -0.39 is 10.0 Å². The first-order chi connectivity index (χ1) is 8.51. The molecule has 3 N–H and O–H groups in total. The molecule has 96 valence electrons. The van der Waals surface area contributed by atoms with E-state index in [-0.39, 0.29) is 10.8 Å². The molecule has 0 spiro atoms. The van der Waals surface area contributed by atoms with Crippen LogP contribution in [0.25, 0.3) is 0 Å². The van der Waals surface area contributed by atoms with Crippen LogP contribution in [0.15, 0.2) is 35.9 Å². The maximum Gasteiger partial charge on any atom is 0.282 e. The van der Waals surface area contributed by atoms with Gasteiger partial charge in [-0.25, -0.2) is 9.97 Å². The molecular weight excluding hydrogens is 254 g/mol. The van der Waals surface area contributed by atoms with Crippen LogP contribution in [0, 0.1) is 0 Å². The molecule has 2 aromatic heterocycles. The summed E-state index contributed by atoms with van der Waals surface area (Å²) in [5, 5.41) is -0.0389. The molecule has 0 amide bonds. The number of imidazole rings is 1. The molecule has 0 radical (unpaired) electrons. The largest absolute Gasteiger partial charge is 0.397 e. The van der Waals surface area contributed by atoms with Crippen molar-refractivity contribution in [1.82, 2.24) is 14.5 Å². The Labute approximate surface area is 105 Å². The highest BCUT2D eigenvalue weighted by Crippen LogP contribution is 2.13. The highest BCUT2D eigenvalue weighted by atomic mass is 32.2. The summed E-state index contributed by atoms with van der Waals surface area (Å²) in [6.07, 6.45) is 4.30. The van der Waals surface area contributed by atoms with Crippen molar-refractivity contribution < 1.29 is 8.42 Å². The third kappa shape index (κ3) is 2.59. The quantitative estimate of drug-likeness (QED) is 0.848. The zero-order valence-corrected chi connectivity index (χ0v) is 10.6. The van der Waals surface area contributed by atoms with Gasteiger partial charge in [0.05, 0.1) is 18.2 Å². The Hall–Kier alpha value is -2.09. The fraction of sp³-hybridized carbons (Fsp3) is 0.200. The van der Waals surface area contributed by atoms with Gasteiger partial charge in [-0.1, -0.05) is 0 Å². The number of rotatable bonds is 4. The van der Waals surface area contributed by atoms with E-state index in [0.717, 1.165) is 0 Å². The molecule has 2 aromatic rings. The predicted molar refractivity (Wildman–Crippen MR) is 67.4 cm³/mol. The van der Waals surface area contributed by atoms with E-state index in [4.69, 9.17) is 5.73 Å². The first-order valence-corrected chi connectivity index (χ1v) is 6.75. The number of hydrogen-bond donors (Lipinski definition) is 2. The second-order valence-electron chi connectivity index (χ2n) is 3.62. The molecule has 0 aliphatic heterocycles. The SMILES string of the molecule is CCn1cnc(S(=O)(=O)Nc2ccc(N)cn2)c1. The van der Waals surface area contributed by atoms with Crippen LogP contribution in [0.3, 0.4) is 0 Å². The fourth-order valence-electron chi connectivity index (χ4n) is 1.31. The molecule has 0 aliphatic rings. The first kappa shape index (κ1) is 12.4. The van der Waals surface area contributed by atoms with Gasteiger partial charge in [0.15, 0.2) is 5.03 Å². The molecule has 0 atom stereocenters. The van der Waals surface area contributed by atoms with Crippen molar-refractivity contribution in [2.45, 2.75) is 18.5 Å². The molecule has 0 aliphatic carbocycles. The monoisotopic (exact) mass is 267 g/mol. The van der Waals surface area contributed by atoms with E-state index in [1.165, 1.54) is 24.8 Å². The highest BCUT2D eigenvalue weighted by molar-refractivity contribution is 7.92. The standard InChI is InChI=1S/C10H13N5O2S/c1-2-15-6-10(13-7-15)18(16,17)14-9-4-3-8(11)5-12-9/h3-7H,2,11H2,1H3,(H,12,14). The van der Waals surface area contributed by atoms with Crippen molar-refractivity contribution in [3.63, 3.8) is 0 Å². The van der Waals surface area contributed by atoms with Crippen molar-refractivity contribution in [3.8, 4) is 0 Å². The van der Waals surface area contributed by atoms with Crippen LogP contribution in [0.5, 0.6) is 0 Å². The minimum Gasteiger partial charge on any atom is -0.397 e. The van der Waals surface area contributed by atoms with Gasteiger partial charge in [0.1, 0.15) is 5.82 Å². The van der Waals surface area contributed by atoms with Crippen molar-refractivity contribution in [2.24, 2.45) is 0 Å². The van der Waals surface area contributed by atoms with Gasteiger partial charge in [-0.2, -0.15) is 8.42 Å². The molecule has 2 heterocycles. The summed E-state index contributed by atoms with van der Waals surface area (Å²) in [7, 11) is -3.70. The minimum absolute atomic E-state index is 0.0389. The van der Waals surface area contributed by atoms with Gasteiger partial charge in [-0.15, -0.1) is 0 Å². The first-order valence-electron chi connectivity index (χ1n) is 5.27. The number of pyridine rings is 1. The van der Waals surface area contributed by atoms with E-state index in [1.54, 1.807) is 10.6 Å². The zero-order valence-electron chi connectivity index (χ0n) is 9.74. The smallest absolute Gasteiger partial charge is 0.282 e. The summed E-state index contributed by atoms with van der Waals surface area (Å²) in [4.78, 5) is 7.70. The van der Waals surface area contributed by atoms with Crippen LogP contribution in [0.4, 0.5) is 11.5 Å². The summed E-state index contributed by atoms with van der Waals surface area (Å²) < 4.78 is 27.9. The molecule has 18 heavy (non-hydrogen) atoms. The van der Waals surface area contributed by atoms with Gasteiger partial charge in [0, 0.05) is 12.7 Å². The lowest BCUT2D eigenvalue weighted by Gasteiger charge is -2.04. The topological polar surface area (TPSA) is 103 Å². The maximum atomic E-state index is 12.0. The van der Waals surface area contributed by atoms with E-state index in [2.05, 4.69) is 14.7 Å². The van der Waals surface area contributed by atoms with Gasteiger partial charge in [-0.3, -0.25) is 4.72 Å². The number of sulfonamides is 1. The highest BCUT2D eigenvalue weighted by Gasteiger charge is 2.17. The second-order valence-corrected chi connectivity index (χ2v) is 5.25. The Morgan fingerprint density at radius 2 is 2.17 bits per heavy atom. The van der Waals surface area contributed by atoms with E-state index in [9.17, 15) is 8.42 Å². The molecular formula is C10H13N5O2S. The van der Waals surface area contributed by atoms with Gasteiger partial charge in [-0.05, 0) is 19.1 Å². The Morgan fingerprint density at radius 1 is 1.39 bits per heavy atom. The summed E-state index contributed by atoms with van der Waals surface area (Å²) in [5.41, 5.74) is 5.93. The number of nitrogen functional groups attached to an aromatic ring is 1. The molecule has 0 saturated carbocycles. The molecule has 8 heteroatoms. The normalized spacial score (nSPS) is 11.4. The minimum atomic E-state index is -3.70. The van der Waals surface area contributed by atoms with Gasteiger partial charge >= 0.3 is 0 Å². The fourth-order valence-corrected chi connectivity index (χ4v) is 2.27. The molecule has 0 saturated heterocycles. The average molecular weight is 267 g/mol. The Bertz CT molecular complexity index is 633. The van der Waals surface area contributed by atoms with Crippen LogP contribution >= 0.6 is 0 Å². The van der Waals surface area contributed by atoms with Crippen LogP contribution in [-0.4, -0.2) is 23.0 Å². The Morgan fingerprint density at radius 3 is 2.72 bits per heavy atom. The zero-order chi connectivity index (χ0) is 13.2. The van der Waals surface area contributed by atoms with Crippen molar-refractivity contribution in [3.05, 3.63) is 30.9 Å². The van der Waals surface area contributed by atoms with E-state index in [1.807, 2.05) is 6.92 Å². The molecule has 0 bridgehead atoms. The molecule has 7 nitrogen and oxygen atoms in total. The maximum absolute atomic E-state index is 12.0. The second kappa shape index (κ2) is 4.65. The summed E-state index contributed by atoms with van der Waals surface area (Å²) in [6.45, 7) is 2.55. The summed E-state index contributed by atoms with van der Waals surface area (Å²) >= 11 is 0. The van der Waals surface area contributed by atoms with E-state index in [0.29, 0.717) is 12.2 Å². The molecule has 0 fully saturated rings. The predicted octanol–water partition coefficient (Wildman–Crippen LogP) is 0.681. The Kier molecular flexibility index (Phi) is 3.19. The number of nitrogens with one attached hydrogen (secondary N) is 1. The third-order valence-electron chi connectivity index (χ3n) is 2.28. The molecule has 0 unspecified atom stereocenters. The van der Waals surface area contributed by atoms with Crippen LogP contribution in [0.1, 0.15) is 6.92 Å². The number of anilines is 2. The summed E-state index contributed by atoms with van der Waals surface area (Å²) in [5.74, 6) is 0.204. The van der Waals surface area contributed by atoms with Crippen molar-refractivity contribution >= 4 is 21.5 Å². The number of aryl methyl sites for hydroxylation is 1. The van der Waals surface area contributed by atoms with Gasteiger partial charge in [0.2, 0.25) is 0 Å². The van der Waals surface area contributed by atoms with Crippen LogP contribution < -0.4 is 10.5 Å². The van der Waals surface area contributed by atoms with Gasteiger partial charge < -0.3 is 10.3 Å². The lowest BCUT2D eigenvalue weighted by Crippen LogP contribution is -2.14. The van der Waals surface area contributed by atoms with Crippen molar-refractivity contribution in [2.75, 3.05) is 10.5 Å². The van der Waals surface area contributed by atoms with Crippen LogP contribution in [-0.2, 0) is 16.6 Å². The third-order valence-corrected chi connectivity index (χ3v) is 3.51. The lowest BCUT2D eigenvalue weighted by molar-refractivity contribution is 0.598. The number of nitrogens with two attached hydrogens (primary N) is 1. The number of hydrogen-bond acceptors (Lipinski definition) is 5.